The fourth-order valence-corrected chi connectivity index (χ4v) is 1.87. The molecular weight excluding hydrogens is 248 g/mol. The van der Waals surface area contributed by atoms with Crippen LogP contribution in [0.5, 0.6) is 0 Å². The molecule has 6 nitrogen and oxygen atoms in total. The number of nitrogens with one attached hydrogen (secondary N) is 1. The molecule has 1 atom stereocenters. The van der Waals surface area contributed by atoms with Crippen molar-refractivity contribution in [3.8, 4) is 0 Å². The van der Waals surface area contributed by atoms with E-state index in [9.17, 15) is 9.90 Å². The summed E-state index contributed by atoms with van der Waals surface area (Å²) in [6.45, 7) is 3.77. The molecule has 6 heteroatoms. The van der Waals surface area contributed by atoms with Gasteiger partial charge in [-0.25, -0.2) is 9.55 Å². The molecule has 1 aromatic heterocycles. The van der Waals surface area contributed by atoms with E-state index >= 15 is 0 Å². The van der Waals surface area contributed by atoms with Crippen molar-refractivity contribution in [3.63, 3.8) is 0 Å². The lowest BCUT2D eigenvalue weighted by atomic mass is 10.2. The van der Waals surface area contributed by atoms with Crippen LogP contribution in [0.3, 0.4) is 0 Å². The SMILES string of the molecule is COCCOCCc1[nH]cc[n+]1C(C)CCC(=O)[O-]. The number of nitrogens with zero attached hydrogens (tertiary/aromatic N) is 1. The van der Waals surface area contributed by atoms with E-state index in [1.165, 1.54) is 0 Å². The molecule has 0 fully saturated rings. The Balaban J connectivity index is 2.38. The highest BCUT2D eigenvalue weighted by Crippen LogP contribution is 2.06. The lowest BCUT2D eigenvalue weighted by Gasteiger charge is -2.11. The number of imidazole rings is 1. The number of aromatic amines is 1. The molecule has 0 spiro atoms. The van der Waals surface area contributed by atoms with Gasteiger partial charge in [0.1, 0.15) is 12.4 Å². The molecule has 0 bridgehead atoms. The summed E-state index contributed by atoms with van der Waals surface area (Å²) in [5.74, 6) is 0.0238. The van der Waals surface area contributed by atoms with Crippen molar-refractivity contribution >= 4 is 5.97 Å². The summed E-state index contributed by atoms with van der Waals surface area (Å²) in [5, 5.41) is 10.5. The lowest BCUT2D eigenvalue weighted by Crippen LogP contribution is -2.41. The molecule has 0 aromatic carbocycles. The summed E-state index contributed by atoms with van der Waals surface area (Å²) in [7, 11) is 1.64. The first kappa shape index (κ1) is 15.7. The predicted molar refractivity (Wildman–Crippen MR) is 66.3 cm³/mol. The van der Waals surface area contributed by atoms with Crippen molar-refractivity contribution in [1.82, 2.24) is 4.98 Å². The van der Waals surface area contributed by atoms with Gasteiger partial charge in [0.05, 0.1) is 32.3 Å². The molecule has 0 aliphatic heterocycles. The van der Waals surface area contributed by atoms with Crippen LogP contribution in [0.25, 0.3) is 0 Å². The molecule has 0 saturated heterocycles. The quantitative estimate of drug-likeness (QED) is 0.463. The molecular formula is C13H22N2O4. The molecule has 0 aliphatic rings. The highest BCUT2D eigenvalue weighted by molar-refractivity contribution is 5.64. The summed E-state index contributed by atoms with van der Waals surface area (Å²) in [6, 6.07) is 0.123. The van der Waals surface area contributed by atoms with Crippen LogP contribution in [0.4, 0.5) is 0 Å². The number of hydrogen-bond donors (Lipinski definition) is 1. The van der Waals surface area contributed by atoms with Crippen LogP contribution in [-0.4, -0.2) is 37.9 Å². The molecule has 0 aliphatic carbocycles. The second-order valence-electron chi connectivity index (χ2n) is 4.43. The molecule has 1 unspecified atom stereocenters. The van der Waals surface area contributed by atoms with Gasteiger partial charge < -0.3 is 19.4 Å². The first-order chi connectivity index (χ1) is 9.15. The molecule has 0 radical (unpaired) electrons. The third-order valence-corrected chi connectivity index (χ3v) is 2.95. The summed E-state index contributed by atoms with van der Waals surface area (Å²) in [5.41, 5.74) is 0. The molecule has 0 saturated carbocycles. The highest BCUT2D eigenvalue weighted by atomic mass is 16.5. The Morgan fingerprint density at radius 3 is 2.95 bits per heavy atom. The van der Waals surface area contributed by atoms with Gasteiger partial charge in [-0.2, -0.15) is 0 Å². The number of carbonyl (C=O) groups is 1. The molecule has 108 valence electrons. The van der Waals surface area contributed by atoms with E-state index in [-0.39, 0.29) is 12.5 Å². The fourth-order valence-electron chi connectivity index (χ4n) is 1.87. The van der Waals surface area contributed by atoms with E-state index in [0.717, 1.165) is 12.2 Å². The highest BCUT2D eigenvalue weighted by Gasteiger charge is 2.16. The molecule has 1 N–H and O–H groups in total. The van der Waals surface area contributed by atoms with Crippen molar-refractivity contribution in [2.75, 3.05) is 26.9 Å². The van der Waals surface area contributed by atoms with Crippen molar-refractivity contribution in [2.45, 2.75) is 32.2 Å². The van der Waals surface area contributed by atoms with Crippen LogP contribution in [0.1, 0.15) is 31.6 Å². The Kier molecular flexibility index (Phi) is 7.14. The summed E-state index contributed by atoms with van der Waals surface area (Å²) in [6.07, 6.45) is 5.16. The number of methoxy groups -OCH3 is 1. The van der Waals surface area contributed by atoms with Gasteiger partial charge in [-0.3, -0.25) is 0 Å². The Hall–Kier alpha value is -1.40. The maximum atomic E-state index is 10.5. The maximum absolute atomic E-state index is 10.5. The second kappa shape index (κ2) is 8.66. The molecule has 1 heterocycles. The number of aromatic nitrogens is 2. The van der Waals surface area contributed by atoms with Crippen LogP contribution in [-0.2, 0) is 20.7 Å². The third-order valence-electron chi connectivity index (χ3n) is 2.95. The Morgan fingerprint density at radius 1 is 1.47 bits per heavy atom. The monoisotopic (exact) mass is 270 g/mol. The number of carboxylic acids is 1. The van der Waals surface area contributed by atoms with Gasteiger partial charge in [0.2, 0.25) is 0 Å². The first-order valence-corrected chi connectivity index (χ1v) is 6.49. The van der Waals surface area contributed by atoms with Crippen LogP contribution in [0.15, 0.2) is 12.4 Å². The van der Waals surface area contributed by atoms with Crippen LogP contribution in [0, 0.1) is 0 Å². The minimum absolute atomic E-state index is 0.0725. The van der Waals surface area contributed by atoms with E-state index in [1.54, 1.807) is 7.11 Å². The van der Waals surface area contributed by atoms with Crippen molar-refractivity contribution in [3.05, 3.63) is 18.2 Å². The predicted octanol–water partition coefficient (Wildman–Crippen LogP) is -0.401. The van der Waals surface area contributed by atoms with E-state index in [4.69, 9.17) is 9.47 Å². The van der Waals surface area contributed by atoms with E-state index < -0.39 is 5.97 Å². The van der Waals surface area contributed by atoms with Crippen molar-refractivity contribution < 1.29 is 23.9 Å². The summed E-state index contributed by atoms with van der Waals surface area (Å²) in [4.78, 5) is 13.6. The second-order valence-corrected chi connectivity index (χ2v) is 4.43. The van der Waals surface area contributed by atoms with E-state index in [1.807, 2.05) is 23.9 Å². The summed E-state index contributed by atoms with van der Waals surface area (Å²) >= 11 is 0. The Morgan fingerprint density at radius 2 is 2.26 bits per heavy atom. The zero-order chi connectivity index (χ0) is 14.1. The Labute approximate surface area is 113 Å². The zero-order valence-electron chi connectivity index (χ0n) is 11.6. The van der Waals surface area contributed by atoms with E-state index in [0.29, 0.717) is 26.2 Å². The van der Waals surface area contributed by atoms with Gasteiger partial charge in [0, 0.05) is 13.1 Å². The molecule has 19 heavy (non-hydrogen) atoms. The summed E-state index contributed by atoms with van der Waals surface area (Å²) < 4.78 is 12.4. The first-order valence-electron chi connectivity index (χ1n) is 6.49. The molecule has 1 rings (SSSR count). The average Bonchev–Trinajstić information content (AvgIpc) is 2.84. The van der Waals surface area contributed by atoms with E-state index in [2.05, 4.69) is 4.98 Å². The normalized spacial score (nSPS) is 12.5. The third kappa shape index (κ3) is 5.85. The number of rotatable bonds is 10. The van der Waals surface area contributed by atoms with Crippen LogP contribution in [0.2, 0.25) is 0 Å². The topological polar surface area (TPSA) is 78.3 Å². The van der Waals surface area contributed by atoms with Gasteiger partial charge in [-0.05, 0) is 19.8 Å². The van der Waals surface area contributed by atoms with Crippen LogP contribution < -0.4 is 9.67 Å². The number of carbonyl (C=O) groups excluding carboxylic acids is 1. The lowest BCUT2D eigenvalue weighted by molar-refractivity contribution is -0.726. The smallest absolute Gasteiger partial charge is 0.256 e. The van der Waals surface area contributed by atoms with Gasteiger partial charge in [0.25, 0.3) is 5.82 Å². The number of ether oxygens (including phenoxy) is 2. The molecule has 1 aromatic rings. The minimum Gasteiger partial charge on any atom is -0.550 e. The van der Waals surface area contributed by atoms with Gasteiger partial charge in [-0.1, -0.05) is 0 Å². The fraction of sp³-hybridized carbons (Fsp3) is 0.692. The van der Waals surface area contributed by atoms with Crippen molar-refractivity contribution in [2.24, 2.45) is 0 Å². The number of carboxylic acid groups (broad SMARTS) is 1. The number of aliphatic carboxylic acids is 1. The largest absolute Gasteiger partial charge is 0.550 e. The van der Waals surface area contributed by atoms with Gasteiger partial charge in [0.15, 0.2) is 0 Å². The van der Waals surface area contributed by atoms with Crippen LogP contribution >= 0.6 is 0 Å². The van der Waals surface area contributed by atoms with Gasteiger partial charge >= 0.3 is 0 Å². The Bertz CT molecular complexity index is 378. The standard InChI is InChI=1S/C13H22N2O4/c1-11(3-4-13(16)17)15-7-6-14-12(15)5-8-19-10-9-18-2/h6-7,11H,3-5,8-10H2,1-2H3,(H,16,17). The number of hydrogen-bond acceptors (Lipinski definition) is 4. The molecule has 0 amide bonds. The minimum atomic E-state index is -1.01. The maximum Gasteiger partial charge on any atom is 0.256 e. The van der Waals surface area contributed by atoms with Crippen molar-refractivity contribution in [1.29, 1.82) is 0 Å². The van der Waals surface area contributed by atoms with Gasteiger partial charge in [-0.15, -0.1) is 0 Å². The average molecular weight is 270 g/mol. The number of H-pyrrole nitrogens is 1. The zero-order valence-corrected chi connectivity index (χ0v) is 11.6.